The smallest absolute Gasteiger partial charge is 0.218 e. The number of hydrogen-bond acceptors (Lipinski definition) is 3. The molecule has 0 atom stereocenters. The first-order valence-corrected chi connectivity index (χ1v) is 6.17. The van der Waals surface area contributed by atoms with Crippen molar-refractivity contribution < 1.29 is 9.13 Å². The van der Waals surface area contributed by atoms with E-state index in [1.165, 1.54) is 6.07 Å². The van der Waals surface area contributed by atoms with Crippen molar-refractivity contribution in [3.8, 4) is 5.88 Å². The number of pyridine rings is 1. The Hall–Kier alpha value is -1.62. The molecule has 1 heterocycles. The number of anilines is 1. The third-order valence-electron chi connectivity index (χ3n) is 2.45. The Kier molecular flexibility index (Phi) is 4.15. The summed E-state index contributed by atoms with van der Waals surface area (Å²) in [6.07, 6.45) is 1.68. The number of halogens is 2. The van der Waals surface area contributed by atoms with Gasteiger partial charge in [0.1, 0.15) is 5.82 Å². The van der Waals surface area contributed by atoms with Crippen molar-refractivity contribution in [2.24, 2.45) is 0 Å². The van der Waals surface area contributed by atoms with Gasteiger partial charge in [0, 0.05) is 24.0 Å². The minimum atomic E-state index is -0.278. The van der Waals surface area contributed by atoms with Gasteiger partial charge in [-0.05, 0) is 40.2 Å². The molecule has 2 rings (SSSR count). The molecule has 2 aromatic rings. The van der Waals surface area contributed by atoms with E-state index in [0.29, 0.717) is 16.9 Å². The molecule has 0 fully saturated rings. The van der Waals surface area contributed by atoms with Gasteiger partial charge in [-0.1, -0.05) is 6.07 Å². The summed E-state index contributed by atoms with van der Waals surface area (Å²) in [6, 6.07) is 8.56. The molecule has 1 aromatic carbocycles. The van der Waals surface area contributed by atoms with E-state index in [4.69, 9.17) is 4.74 Å². The lowest BCUT2D eigenvalue weighted by Crippen LogP contribution is -2.02. The van der Waals surface area contributed by atoms with Crippen LogP contribution in [-0.4, -0.2) is 12.1 Å². The first-order valence-electron chi connectivity index (χ1n) is 5.37. The molecular formula is C13H12BrFN2O. The van der Waals surface area contributed by atoms with Crippen LogP contribution in [0.15, 0.2) is 41.0 Å². The second-order valence-electron chi connectivity index (χ2n) is 3.65. The van der Waals surface area contributed by atoms with E-state index >= 15 is 0 Å². The lowest BCUT2D eigenvalue weighted by Gasteiger charge is -2.09. The van der Waals surface area contributed by atoms with Crippen LogP contribution in [0.2, 0.25) is 0 Å². The Morgan fingerprint density at radius 3 is 2.94 bits per heavy atom. The summed E-state index contributed by atoms with van der Waals surface area (Å²) in [5.41, 5.74) is 1.77. The zero-order valence-corrected chi connectivity index (χ0v) is 11.4. The predicted octanol–water partition coefficient (Wildman–Crippen LogP) is 3.60. The van der Waals surface area contributed by atoms with Crippen molar-refractivity contribution in [2.45, 2.75) is 6.54 Å². The third kappa shape index (κ3) is 2.98. The van der Waals surface area contributed by atoms with E-state index in [0.717, 1.165) is 11.3 Å². The molecule has 0 aliphatic heterocycles. The van der Waals surface area contributed by atoms with Crippen molar-refractivity contribution in [3.05, 3.63) is 52.4 Å². The van der Waals surface area contributed by atoms with Crippen LogP contribution in [-0.2, 0) is 6.54 Å². The second-order valence-corrected chi connectivity index (χ2v) is 4.51. The molecule has 0 bridgehead atoms. The van der Waals surface area contributed by atoms with Gasteiger partial charge in [0.05, 0.1) is 11.6 Å². The maximum Gasteiger partial charge on any atom is 0.218 e. The molecule has 3 nitrogen and oxygen atoms in total. The lowest BCUT2D eigenvalue weighted by molar-refractivity contribution is 0.393. The SMILES string of the molecule is COc1ncccc1CNc1ccc(F)c(Br)c1. The third-order valence-corrected chi connectivity index (χ3v) is 3.05. The van der Waals surface area contributed by atoms with Crippen LogP contribution in [0.4, 0.5) is 10.1 Å². The van der Waals surface area contributed by atoms with E-state index in [1.54, 1.807) is 25.4 Å². The van der Waals surface area contributed by atoms with E-state index in [2.05, 4.69) is 26.2 Å². The van der Waals surface area contributed by atoms with Crippen molar-refractivity contribution in [1.82, 2.24) is 4.98 Å². The molecule has 0 unspecified atom stereocenters. The Morgan fingerprint density at radius 2 is 2.22 bits per heavy atom. The molecule has 1 N–H and O–H groups in total. The molecule has 18 heavy (non-hydrogen) atoms. The van der Waals surface area contributed by atoms with E-state index in [1.807, 2.05) is 12.1 Å². The van der Waals surface area contributed by atoms with Crippen LogP contribution in [0.25, 0.3) is 0 Å². The van der Waals surface area contributed by atoms with Gasteiger partial charge in [-0.2, -0.15) is 0 Å². The van der Waals surface area contributed by atoms with Crippen LogP contribution in [0, 0.1) is 5.82 Å². The molecule has 0 saturated carbocycles. The van der Waals surface area contributed by atoms with Crippen molar-refractivity contribution >= 4 is 21.6 Å². The zero-order chi connectivity index (χ0) is 13.0. The molecule has 94 valence electrons. The van der Waals surface area contributed by atoms with Crippen LogP contribution in [0.3, 0.4) is 0 Å². The largest absolute Gasteiger partial charge is 0.481 e. The van der Waals surface area contributed by atoms with Gasteiger partial charge < -0.3 is 10.1 Å². The molecule has 5 heteroatoms. The summed E-state index contributed by atoms with van der Waals surface area (Å²) < 4.78 is 18.7. The molecule has 0 amide bonds. The van der Waals surface area contributed by atoms with Gasteiger partial charge in [-0.3, -0.25) is 0 Å². The quantitative estimate of drug-likeness (QED) is 0.937. The van der Waals surface area contributed by atoms with Gasteiger partial charge >= 0.3 is 0 Å². The number of methoxy groups -OCH3 is 1. The standard InChI is InChI=1S/C13H12BrFN2O/c1-18-13-9(3-2-6-16-13)8-17-10-4-5-12(15)11(14)7-10/h2-7,17H,8H2,1H3. The fraction of sp³-hybridized carbons (Fsp3) is 0.154. The summed E-state index contributed by atoms with van der Waals surface area (Å²) >= 11 is 3.15. The Labute approximate surface area is 113 Å². The maximum atomic E-state index is 13.1. The van der Waals surface area contributed by atoms with E-state index < -0.39 is 0 Å². The number of hydrogen-bond donors (Lipinski definition) is 1. The van der Waals surface area contributed by atoms with Gasteiger partial charge in [0.25, 0.3) is 0 Å². The van der Waals surface area contributed by atoms with E-state index in [-0.39, 0.29) is 5.82 Å². The minimum Gasteiger partial charge on any atom is -0.481 e. The first-order chi connectivity index (χ1) is 8.70. The van der Waals surface area contributed by atoms with Crippen LogP contribution in [0.1, 0.15) is 5.56 Å². The van der Waals surface area contributed by atoms with Crippen molar-refractivity contribution in [3.63, 3.8) is 0 Å². The number of nitrogens with zero attached hydrogens (tertiary/aromatic N) is 1. The number of nitrogens with one attached hydrogen (secondary N) is 1. The topological polar surface area (TPSA) is 34.1 Å². The number of aromatic nitrogens is 1. The highest BCUT2D eigenvalue weighted by molar-refractivity contribution is 9.10. The molecule has 0 radical (unpaired) electrons. The van der Waals surface area contributed by atoms with Gasteiger partial charge in [-0.25, -0.2) is 9.37 Å². The van der Waals surface area contributed by atoms with Gasteiger partial charge in [0.15, 0.2) is 0 Å². The Bertz CT molecular complexity index is 548. The predicted molar refractivity (Wildman–Crippen MR) is 72.2 cm³/mol. The van der Waals surface area contributed by atoms with Crippen molar-refractivity contribution in [2.75, 3.05) is 12.4 Å². The normalized spacial score (nSPS) is 10.2. The first kappa shape index (κ1) is 12.8. The van der Waals surface area contributed by atoms with Crippen LogP contribution >= 0.6 is 15.9 Å². The van der Waals surface area contributed by atoms with Gasteiger partial charge in [0.2, 0.25) is 5.88 Å². The summed E-state index contributed by atoms with van der Waals surface area (Å²) in [7, 11) is 1.58. The summed E-state index contributed by atoms with van der Waals surface area (Å²) in [5.74, 6) is 0.311. The maximum absolute atomic E-state index is 13.1. The molecule has 0 spiro atoms. The average molecular weight is 311 g/mol. The highest BCUT2D eigenvalue weighted by Crippen LogP contribution is 2.21. The molecule has 0 aliphatic carbocycles. The summed E-state index contributed by atoms with van der Waals surface area (Å²) in [5, 5.41) is 3.19. The fourth-order valence-electron chi connectivity index (χ4n) is 1.55. The second kappa shape index (κ2) is 5.82. The average Bonchev–Trinajstić information content (AvgIpc) is 2.40. The summed E-state index contributed by atoms with van der Waals surface area (Å²) in [6.45, 7) is 0.565. The minimum absolute atomic E-state index is 0.278. The number of benzene rings is 1. The van der Waals surface area contributed by atoms with Crippen LogP contribution in [0.5, 0.6) is 5.88 Å². The Balaban J connectivity index is 2.09. The molecular weight excluding hydrogens is 299 g/mol. The highest BCUT2D eigenvalue weighted by atomic mass is 79.9. The monoisotopic (exact) mass is 310 g/mol. The Morgan fingerprint density at radius 1 is 1.39 bits per heavy atom. The fourth-order valence-corrected chi connectivity index (χ4v) is 1.92. The number of rotatable bonds is 4. The van der Waals surface area contributed by atoms with Crippen LogP contribution < -0.4 is 10.1 Å². The molecule has 1 aromatic heterocycles. The molecule has 0 aliphatic rings. The summed E-state index contributed by atoms with van der Waals surface area (Å²) in [4.78, 5) is 4.11. The molecule has 0 saturated heterocycles. The van der Waals surface area contributed by atoms with Gasteiger partial charge in [-0.15, -0.1) is 0 Å². The van der Waals surface area contributed by atoms with E-state index in [9.17, 15) is 4.39 Å². The lowest BCUT2D eigenvalue weighted by atomic mass is 10.2. The zero-order valence-electron chi connectivity index (χ0n) is 9.78. The number of ether oxygens (including phenoxy) is 1. The highest BCUT2D eigenvalue weighted by Gasteiger charge is 2.04. The van der Waals surface area contributed by atoms with Crippen molar-refractivity contribution in [1.29, 1.82) is 0 Å².